The second kappa shape index (κ2) is 5.10. The lowest BCUT2D eigenvalue weighted by Gasteiger charge is -2.22. The lowest BCUT2D eigenvalue weighted by Crippen LogP contribution is -2.34. The topological polar surface area (TPSA) is 32.3 Å². The lowest BCUT2D eigenvalue weighted by atomic mass is 9.99. The first kappa shape index (κ1) is 11.8. The summed E-state index contributed by atoms with van der Waals surface area (Å²) in [5.74, 6) is 0. The Kier molecular flexibility index (Phi) is 3.76. The summed E-state index contributed by atoms with van der Waals surface area (Å²) in [7, 11) is 0. The average molecular weight is 253 g/mol. The molecule has 16 heavy (non-hydrogen) atoms. The molecule has 0 saturated heterocycles. The molecule has 2 nitrogen and oxygen atoms in total. The van der Waals surface area contributed by atoms with Crippen molar-refractivity contribution >= 4 is 22.7 Å². The number of aliphatic hydroxyl groups is 1. The van der Waals surface area contributed by atoms with Gasteiger partial charge in [0.15, 0.2) is 0 Å². The number of rotatable bonds is 5. The monoisotopic (exact) mass is 253 g/mol. The minimum Gasteiger partial charge on any atom is -0.384 e. The van der Waals surface area contributed by atoms with Gasteiger partial charge in [-0.3, -0.25) is 0 Å². The predicted octanol–water partition coefficient (Wildman–Crippen LogP) is 2.81. The number of hydrogen-bond acceptors (Lipinski definition) is 4. The van der Waals surface area contributed by atoms with Crippen LogP contribution in [0, 0.1) is 0 Å². The van der Waals surface area contributed by atoms with Crippen LogP contribution >= 0.6 is 22.7 Å². The molecule has 0 amide bonds. The van der Waals surface area contributed by atoms with Gasteiger partial charge < -0.3 is 10.4 Å². The van der Waals surface area contributed by atoms with E-state index in [2.05, 4.69) is 16.8 Å². The van der Waals surface area contributed by atoms with Crippen molar-refractivity contribution in [2.24, 2.45) is 0 Å². The molecule has 2 aromatic heterocycles. The van der Waals surface area contributed by atoms with E-state index in [0.29, 0.717) is 6.54 Å². The van der Waals surface area contributed by atoms with Crippen molar-refractivity contribution in [3.8, 4) is 0 Å². The Morgan fingerprint density at radius 3 is 2.88 bits per heavy atom. The van der Waals surface area contributed by atoms with Crippen molar-refractivity contribution in [1.29, 1.82) is 0 Å². The third kappa shape index (κ3) is 2.92. The van der Waals surface area contributed by atoms with Gasteiger partial charge in [0.25, 0.3) is 0 Å². The van der Waals surface area contributed by atoms with Crippen molar-refractivity contribution < 1.29 is 5.11 Å². The molecule has 0 saturated carbocycles. The van der Waals surface area contributed by atoms with E-state index in [9.17, 15) is 5.11 Å². The third-order valence-electron chi connectivity index (χ3n) is 2.49. The number of hydrogen-bond donors (Lipinski definition) is 2. The van der Waals surface area contributed by atoms with Gasteiger partial charge >= 0.3 is 0 Å². The summed E-state index contributed by atoms with van der Waals surface area (Å²) in [6, 6.07) is 6.10. The van der Waals surface area contributed by atoms with Gasteiger partial charge in [-0.1, -0.05) is 6.07 Å². The summed E-state index contributed by atoms with van der Waals surface area (Å²) in [5.41, 5.74) is 0.202. The molecule has 0 radical (unpaired) electrons. The molecule has 0 aliphatic carbocycles. The van der Waals surface area contributed by atoms with Crippen LogP contribution in [-0.2, 0) is 12.1 Å². The van der Waals surface area contributed by atoms with Crippen LogP contribution < -0.4 is 5.32 Å². The van der Waals surface area contributed by atoms with Crippen molar-refractivity contribution in [2.45, 2.75) is 19.1 Å². The molecular weight excluding hydrogens is 238 g/mol. The molecule has 4 heteroatoms. The van der Waals surface area contributed by atoms with Gasteiger partial charge in [0, 0.05) is 18.0 Å². The van der Waals surface area contributed by atoms with Gasteiger partial charge in [-0.05, 0) is 40.8 Å². The molecule has 0 fully saturated rings. The van der Waals surface area contributed by atoms with Gasteiger partial charge in [0.05, 0.1) is 5.60 Å². The maximum Gasteiger partial charge on any atom is 0.1000 e. The molecule has 1 unspecified atom stereocenters. The first-order valence-corrected chi connectivity index (χ1v) is 6.99. The van der Waals surface area contributed by atoms with Crippen LogP contribution in [0.4, 0.5) is 0 Å². The second-order valence-corrected chi connectivity index (χ2v) is 5.78. The predicted molar refractivity (Wildman–Crippen MR) is 69.9 cm³/mol. The smallest absolute Gasteiger partial charge is 0.1000 e. The fourth-order valence-corrected chi connectivity index (χ4v) is 2.97. The maximum atomic E-state index is 10.3. The molecular formula is C12H15NOS2. The van der Waals surface area contributed by atoms with Gasteiger partial charge in [-0.2, -0.15) is 11.3 Å². The normalized spacial score (nSPS) is 14.9. The molecule has 2 aromatic rings. The zero-order chi connectivity index (χ0) is 11.4. The summed E-state index contributed by atoms with van der Waals surface area (Å²) >= 11 is 3.34. The highest BCUT2D eigenvalue weighted by atomic mass is 32.1. The summed E-state index contributed by atoms with van der Waals surface area (Å²) in [4.78, 5) is 1.29. The Morgan fingerprint density at radius 2 is 2.25 bits per heavy atom. The molecule has 0 bridgehead atoms. The molecule has 2 rings (SSSR count). The van der Waals surface area contributed by atoms with Crippen LogP contribution in [0.15, 0.2) is 34.3 Å². The molecule has 0 aromatic carbocycles. The van der Waals surface area contributed by atoms with Crippen molar-refractivity contribution in [3.05, 3.63) is 44.8 Å². The zero-order valence-corrected chi connectivity index (χ0v) is 10.8. The van der Waals surface area contributed by atoms with Gasteiger partial charge in [0.2, 0.25) is 0 Å². The maximum absolute atomic E-state index is 10.3. The molecule has 2 heterocycles. The quantitative estimate of drug-likeness (QED) is 0.859. The molecule has 1 atom stereocenters. The van der Waals surface area contributed by atoms with Crippen LogP contribution in [0.25, 0.3) is 0 Å². The molecule has 0 aliphatic rings. The van der Waals surface area contributed by atoms with Crippen molar-refractivity contribution in [1.82, 2.24) is 5.32 Å². The Morgan fingerprint density at radius 1 is 1.38 bits per heavy atom. The molecule has 0 aliphatic heterocycles. The zero-order valence-electron chi connectivity index (χ0n) is 9.14. The van der Waals surface area contributed by atoms with Crippen molar-refractivity contribution in [2.75, 3.05) is 6.54 Å². The van der Waals surface area contributed by atoms with Crippen LogP contribution in [-0.4, -0.2) is 11.7 Å². The summed E-state index contributed by atoms with van der Waals surface area (Å²) in [6.45, 7) is 3.23. The first-order chi connectivity index (χ1) is 7.68. The van der Waals surface area contributed by atoms with Crippen LogP contribution in [0.2, 0.25) is 0 Å². The fraction of sp³-hybridized carbons (Fsp3) is 0.333. The first-order valence-electron chi connectivity index (χ1n) is 5.17. The van der Waals surface area contributed by atoms with Crippen LogP contribution in [0.5, 0.6) is 0 Å². The summed E-state index contributed by atoms with van der Waals surface area (Å²) in [5, 5.41) is 19.6. The number of thiophene rings is 2. The highest BCUT2D eigenvalue weighted by Gasteiger charge is 2.22. The van der Waals surface area contributed by atoms with Crippen molar-refractivity contribution in [3.63, 3.8) is 0 Å². The SMILES string of the molecule is CC(O)(CNCc1cccs1)c1ccsc1. The minimum atomic E-state index is -0.780. The summed E-state index contributed by atoms with van der Waals surface area (Å²) in [6.07, 6.45) is 0. The minimum absolute atomic E-state index is 0.571. The molecule has 2 N–H and O–H groups in total. The van der Waals surface area contributed by atoms with Gasteiger partial charge in [0.1, 0.15) is 0 Å². The molecule has 86 valence electrons. The molecule has 0 spiro atoms. The highest BCUT2D eigenvalue weighted by Crippen LogP contribution is 2.22. The van der Waals surface area contributed by atoms with Gasteiger partial charge in [-0.25, -0.2) is 0 Å². The lowest BCUT2D eigenvalue weighted by molar-refractivity contribution is 0.0572. The van der Waals surface area contributed by atoms with Gasteiger partial charge in [-0.15, -0.1) is 11.3 Å². The second-order valence-electron chi connectivity index (χ2n) is 3.97. The largest absolute Gasteiger partial charge is 0.384 e. The Balaban J connectivity index is 1.85. The third-order valence-corrected chi connectivity index (χ3v) is 4.05. The number of nitrogens with one attached hydrogen (secondary N) is 1. The Hall–Kier alpha value is -0.680. The average Bonchev–Trinajstić information content (AvgIpc) is 2.90. The van der Waals surface area contributed by atoms with E-state index in [1.165, 1.54) is 4.88 Å². The van der Waals surface area contributed by atoms with E-state index in [0.717, 1.165) is 12.1 Å². The van der Waals surface area contributed by atoms with Crippen LogP contribution in [0.1, 0.15) is 17.4 Å². The van der Waals surface area contributed by atoms with E-state index >= 15 is 0 Å². The fourth-order valence-electron chi connectivity index (χ4n) is 1.52. The standard InChI is InChI=1S/C12H15NOS2/c1-12(14,10-4-6-15-8-10)9-13-7-11-3-2-5-16-11/h2-6,8,13-14H,7,9H2,1H3. The van der Waals surface area contributed by atoms with E-state index < -0.39 is 5.60 Å². The van der Waals surface area contributed by atoms with E-state index in [4.69, 9.17) is 0 Å². The van der Waals surface area contributed by atoms with E-state index in [1.54, 1.807) is 22.7 Å². The summed E-state index contributed by atoms with van der Waals surface area (Å²) < 4.78 is 0. The Bertz CT molecular complexity index is 406. The highest BCUT2D eigenvalue weighted by molar-refractivity contribution is 7.09. The van der Waals surface area contributed by atoms with Crippen LogP contribution in [0.3, 0.4) is 0 Å². The van der Waals surface area contributed by atoms with E-state index in [1.807, 2.05) is 29.8 Å². The Labute approximate surface area is 104 Å². The van der Waals surface area contributed by atoms with E-state index in [-0.39, 0.29) is 0 Å².